The summed E-state index contributed by atoms with van der Waals surface area (Å²) < 4.78 is 0. The lowest BCUT2D eigenvalue weighted by molar-refractivity contribution is -0.142. The predicted molar refractivity (Wildman–Crippen MR) is 122 cm³/mol. The fraction of sp³-hybridized carbons (Fsp3) is 0.600. The lowest BCUT2D eigenvalue weighted by Gasteiger charge is -2.26. The number of aromatic amines is 1. The van der Waals surface area contributed by atoms with Gasteiger partial charge in [-0.15, -0.1) is 0 Å². The van der Waals surface area contributed by atoms with E-state index < -0.39 is 66.3 Å². The van der Waals surface area contributed by atoms with Gasteiger partial charge in [-0.1, -0.05) is 0 Å². The van der Waals surface area contributed by atoms with E-state index in [0.29, 0.717) is 25.1 Å². The second-order valence-electron chi connectivity index (χ2n) is 8.03. The fourth-order valence-corrected chi connectivity index (χ4v) is 3.09. The molecule has 0 aliphatic rings. The second kappa shape index (κ2) is 14.6. The van der Waals surface area contributed by atoms with Gasteiger partial charge >= 0.3 is 5.97 Å². The molecule has 5 atom stereocenters. The van der Waals surface area contributed by atoms with Crippen molar-refractivity contribution in [3.63, 3.8) is 0 Å². The normalized spacial score (nSPS) is 15.2. The molecule has 5 unspecified atom stereocenters. The third-order valence-electron chi connectivity index (χ3n) is 4.99. The number of aliphatic hydroxyl groups is 1. The Morgan fingerprint density at radius 1 is 1.06 bits per heavy atom. The molecule has 1 heterocycles. The molecule has 0 aromatic carbocycles. The van der Waals surface area contributed by atoms with Gasteiger partial charge in [0.2, 0.25) is 23.6 Å². The third kappa shape index (κ3) is 10.5. The average molecular weight is 499 g/mol. The van der Waals surface area contributed by atoms with Gasteiger partial charge in [-0.05, 0) is 32.7 Å². The third-order valence-corrected chi connectivity index (χ3v) is 4.99. The van der Waals surface area contributed by atoms with Crippen molar-refractivity contribution < 1.29 is 34.2 Å². The molecule has 0 saturated heterocycles. The van der Waals surface area contributed by atoms with Gasteiger partial charge in [0.1, 0.15) is 18.1 Å². The Balaban J connectivity index is 2.88. The number of nitrogens with zero attached hydrogens (tertiary/aromatic N) is 1. The molecule has 0 saturated carbocycles. The van der Waals surface area contributed by atoms with E-state index >= 15 is 0 Å². The molecule has 15 heteroatoms. The fourth-order valence-electron chi connectivity index (χ4n) is 3.09. The van der Waals surface area contributed by atoms with E-state index in [1.807, 2.05) is 0 Å². The number of primary amides is 1. The number of hydrogen-bond acceptors (Lipinski definition) is 9. The number of nitrogens with one attached hydrogen (secondary N) is 4. The summed E-state index contributed by atoms with van der Waals surface area (Å²) >= 11 is 0. The van der Waals surface area contributed by atoms with Crippen molar-refractivity contribution in [1.82, 2.24) is 25.9 Å². The van der Waals surface area contributed by atoms with E-state index in [2.05, 4.69) is 25.9 Å². The first-order chi connectivity index (χ1) is 16.5. The Bertz CT molecular complexity index is 862. The topological polar surface area (TPSA) is 269 Å². The van der Waals surface area contributed by atoms with Crippen LogP contribution in [0.4, 0.5) is 0 Å². The van der Waals surface area contributed by atoms with Crippen molar-refractivity contribution in [3.05, 3.63) is 18.2 Å². The van der Waals surface area contributed by atoms with Crippen LogP contribution < -0.4 is 33.2 Å². The minimum absolute atomic E-state index is 0.0768. The molecular weight excluding hydrogens is 464 g/mol. The molecule has 0 fully saturated rings. The van der Waals surface area contributed by atoms with Crippen LogP contribution in [0.25, 0.3) is 0 Å². The summed E-state index contributed by atoms with van der Waals surface area (Å²) in [6, 6.07) is -5.44. The Morgan fingerprint density at radius 3 is 2.23 bits per heavy atom. The molecule has 35 heavy (non-hydrogen) atoms. The zero-order chi connectivity index (χ0) is 26.5. The van der Waals surface area contributed by atoms with Crippen LogP contribution in [0.1, 0.15) is 38.3 Å². The smallest absolute Gasteiger partial charge is 0.326 e. The Hall–Kier alpha value is -3.56. The summed E-state index contributed by atoms with van der Waals surface area (Å²) in [7, 11) is 0. The SMILES string of the molecule is CC(O)C(NC(=O)C(N)Cc1cnc[nH]1)C(=O)NC(CC(N)=O)C(=O)NC(CCCCN)C(=O)O. The average Bonchev–Trinajstić information content (AvgIpc) is 3.28. The number of carbonyl (C=O) groups is 5. The highest BCUT2D eigenvalue weighted by Crippen LogP contribution is 2.04. The van der Waals surface area contributed by atoms with Crippen LogP contribution in [0.3, 0.4) is 0 Å². The number of aliphatic carboxylic acids is 1. The molecule has 1 aromatic heterocycles. The first-order valence-corrected chi connectivity index (χ1v) is 11.0. The summed E-state index contributed by atoms with van der Waals surface area (Å²) in [6.45, 7) is 1.57. The Kier molecular flexibility index (Phi) is 12.3. The summed E-state index contributed by atoms with van der Waals surface area (Å²) in [6.07, 6.45) is 1.95. The number of aliphatic hydroxyl groups excluding tert-OH is 1. The van der Waals surface area contributed by atoms with Gasteiger partial charge in [0.15, 0.2) is 0 Å². The Labute approximate surface area is 201 Å². The molecule has 0 bridgehead atoms. The zero-order valence-corrected chi connectivity index (χ0v) is 19.4. The van der Waals surface area contributed by atoms with E-state index in [1.165, 1.54) is 19.4 Å². The number of rotatable bonds is 16. The first kappa shape index (κ1) is 29.5. The van der Waals surface area contributed by atoms with E-state index in [9.17, 15) is 34.2 Å². The number of amides is 4. The summed E-state index contributed by atoms with van der Waals surface area (Å²) in [5.74, 6) is -4.98. The van der Waals surface area contributed by atoms with Crippen LogP contribution >= 0.6 is 0 Å². The maximum Gasteiger partial charge on any atom is 0.326 e. The highest BCUT2D eigenvalue weighted by Gasteiger charge is 2.33. The number of carbonyl (C=O) groups excluding carboxylic acids is 4. The molecule has 1 rings (SSSR count). The number of imidazole rings is 1. The van der Waals surface area contributed by atoms with Crippen LogP contribution in [-0.4, -0.2) is 86.6 Å². The maximum atomic E-state index is 12.8. The number of unbranched alkanes of at least 4 members (excludes halogenated alkanes) is 1. The minimum Gasteiger partial charge on any atom is -0.480 e. The highest BCUT2D eigenvalue weighted by molar-refractivity contribution is 5.96. The quantitative estimate of drug-likeness (QED) is 0.100. The zero-order valence-electron chi connectivity index (χ0n) is 19.4. The number of carboxylic acid groups (broad SMARTS) is 1. The minimum atomic E-state index is -1.55. The molecule has 15 nitrogen and oxygen atoms in total. The van der Waals surface area contributed by atoms with E-state index in [0.717, 1.165) is 0 Å². The van der Waals surface area contributed by atoms with E-state index in [1.54, 1.807) is 0 Å². The van der Waals surface area contributed by atoms with Crippen LogP contribution in [0.15, 0.2) is 12.5 Å². The van der Waals surface area contributed by atoms with Gasteiger partial charge in [-0.2, -0.15) is 0 Å². The number of H-pyrrole nitrogens is 1. The van der Waals surface area contributed by atoms with Crippen molar-refractivity contribution >= 4 is 29.6 Å². The van der Waals surface area contributed by atoms with Gasteiger partial charge in [-0.25, -0.2) is 9.78 Å². The monoisotopic (exact) mass is 498 g/mol. The van der Waals surface area contributed by atoms with Gasteiger partial charge in [-0.3, -0.25) is 19.2 Å². The second-order valence-corrected chi connectivity index (χ2v) is 8.03. The maximum absolute atomic E-state index is 12.8. The Morgan fingerprint density at radius 2 is 1.71 bits per heavy atom. The van der Waals surface area contributed by atoms with Gasteiger partial charge in [0, 0.05) is 18.3 Å². The van der Waals surface area contributed by atoms with E-state index in [4.69, 9.17) is 17.2 Å². The molecule has 0 aliphatic carbocycles. The highest BCUT2D eigenvalue weighted by atomic mass is 16.4. The van der Waals surface area contributed by atoms with Crippen molar-refractivity contribution in [2.45, 2.75) is 69.3 Å². The summed E-state index contributed by atoms with van der Waals surface area (Å²) in [4.78, 5) is 67.4. The molecule has 4 amide bonds. The molecular formula is C20H34N8O7. The molecule has 12 N–H and O–H groups in total. The van der Waals surface area contributed by atoms with E-state index in [-0.39, 0.29) is 12.8 Å². The predicted octanol–water partition coefficient (Wildman–Crippen LogP) is -3.80. The van der Waals surface area contributed by atoms with Crippen molar-refractivity contribution in [1.29, 1.82) is 0 Å². The number of hydrogen-bond donors (Lipinski definition) is 9. The number of nitrogens with two attached hydrogens (primary N) is 3. The van der Waals surface area contributed by atoms with Crippen molar-refractivity contribution in [2.24, 2.45) is 17.2 Å². The molecule has 196 valence electrons. The van der Waals surface area contributed by atoms with Crippen LogP contribution in [0.2, 0.25) is 0 Å². The first-order valence-electron chi connectivity index (χ1n) is 11.0. The van der Waals surface area contributed by atoms with Gasteiger partial charge < -0.3 is 48.3 Å². The van der Waals surface area contributed by atoms with Crippen LogP contribution in [0.5, 0.6) is 0 Å². The van der Waals surface area contributed by atoms with Crippen LogP contribution in [0, 0.1) is 0 Å². The lowest BCUT2D eigenvalue weighted by Crippen LogP contribution is -2.60. The summed E-state index contributed by atoms with van der Waals surface area (Å²) in [5, 5.41) is 26.2. The molecule has 1 aromatic rings. The molecule has 0 spiro atoms. The molecule has 0 aliphatic heterocycles. The summed E-state index contributed by atoms with van der Waals surface area (Å²) in [5.41, 5.74) is 17.0. The molecule has 0 radical (unpaired) electrons. The largest absolute Gasteiger partial charge is 0.480 e. The van der Waals surface area contributed by atoms with Crippen LogP contribution in [-0.2, 0) is 30.4 Å². The lowest BCUT2D eigenvalue weighted by atomic mass is 10.1. The van der Waals surface area contributed by atoms with Crippen molar-refractivity contribution in [2.75, 3.05) is 6.54 Å². The van der Waals surface area contributed by atoms with Gasteiger partial charge in [0.25, 0.3) is 0 Å². The number of carboxylic acids is 1. The standard InChI is InChI=1S/C20H34N8O7/c1-10(29)16(28-17(31)12(22)6-11-8-24-9-25-11)19(33)27-14(7-15(23)30)18(32)26-13(20(34)35)4-2-3-5-21/h8-10,12-14,16,29H,2-7,21-22H2,1H3,(H2,23,30)(H,24,25)(H,26,32)(H,27,33)(H,28,31)(H,34,35). The number of aromatic nitrogens is 2. The van der Waals surface area contributed by atoms with Gasteiger partial charge in [0.05, 0.1) is 24.9 Å². The van der Waals surface area contributed by atoms with Crippen molar-refractivity contribution in [3.8, 4) is 0 Å².